The highest BCUT2D eigenvalue weighted by Crippen LogP contribution is 2.30. The van der Waals surface area contributed by atoms with E-state index in [0.29, 0.717) is 19.8 Å². The molecule has 0 bridgehead atoms. The minimum atomic E-state index is -0.579. The minimum Gasteiger partial charge on any atom is -0.382 e. The summed E-state index contributed by atoms with van der Waals surface area (Å²) in [7, 11) is 0. The van der Waals surface area contributed by atoms with E-state index in [2.05, 4.69) is 10.6 Å². The standard InChI is InChI=1S/C16H20N2O3S2/c19-15(13-2-1-9-22-13)14-4-3-12(23-14)10-17-16(20)18-11-5-7-21-8-6-11/h1-4,9,11,15,19H,5-8,10H2,(H2,17,18,20)/t15-/m1/s1. The van der Waals surface area contributed by atoms with Crippen molar-refractivity contribution in [1.29, 1.82) is 0 Å². The number of aliphatic hydroxyl groups is 1. The summed E-state index contributed by atoms with van der Waals surface area (Å²) in [4.78, 5) is 14.8. The Morgan fingerprint density at radius 1 is 1.30 bits per heavy atom. The van der Waals surface area contributed by atoms with Gasteiger partial charge in [-0.05, 0) is 36.4 Å². The fourth-order valence-corrected chi connectivity index (χ4v) is 4.23. The second-order valence-electron chi connectivity index (χ2n) is 5.44. The van der Waals surface area contributed by atoms with E-state index in [1.165, 1.54) is 22.7 Å². The van der Waals surface area contributed by atoms with Crippen LogP contribution < -0.4 is 10.6 Å². The number of nitrogens with one attached hydrogen (secondary N) is 2. The van der Waals surface area contributed by atoms with Gasteiger partial charge in [-0.2, -0.15) is 0 Å². The first-order valence-corrected chi connectivity index (χ1v) is 9.34. The van der Waals surface area contributed by atoms with Crippen molar-refractivity contribution in [2.75, 3.05) is 13.2 Å². The van der Waals surface area contributed by atoms with E-state index in [4.69, 9.17) is 4.74 Å². The van der Waals surface area contributed by atoms with Gasteiger partial charge in [0.15, 0.2) is 0 Å². The van der Waals surface area contributed by atoms with E-state index in [1.807, 2.05) is 29.6 Å². The number of aliphatic hydroxyl groups excluding tert-OH is 1. The molecule has 3 N–H and O–H groups in total. The van der Waals surface area contributed by atoms with Crippen molar-refractivity contribution < 1.29 is 14.6 Å². The molecular weight excluding hydrogens is 332 g/mol. The molecule has 0 aliphatic carbocycles. The van der Waals surface area contributed by atoms with Crippen LogP contribution in [0.1, 0.15) is 33.6 Å². The molecule has 0 spiro atoms. The molecule has 7 heteroatoms. The van der Waals surface area contributed by atoms with E-state index in [-0.39, 0.29) is 12.1 Å². The third kappa shape index (κ3) is 4.54. The topological polar surface area (TPSA) is 70.6 Å². The monoisotopic (exact) mass is 352 g/mol. The maximum atomic E-state index is 11.9. The molecule has 1 saturated heterocycles. The predicted molar refractivity (Wildman–Crippen MR) is 91.9 cm³/mol. The van der Waals surface area contributed by atoms with E-state index in [0.717, 1.165) is 27.5 Å². The number of thiophene rings is 2. The van der Waals surface area contributed by atoms with Crippen molar-refractivity contribution in [2.45, 2.75) is 31.5 Å². The third-order valence-electron chi connectivity index (χ3n) is 3.74. The van der Waals surface area contributed by atoms with Gasteiger partial charge in [0.25, 0.3) is 0 Å². The Morgan fingerprint density at radius 3 is 2.87 bits per heavy atom. The second-order valence-corrected chi connectivity index (χ2v) is 7.61. The molecule has 2 aromatic rings. The molecule has 0 saturated carbocycles. The molecule has 1 atom stereocenters. The zero-order chi connectivity index (χ0) is 16.1. The number of rotatable bonds is 5. The van der Waals surface area contributed by atoms with Crippen LogP contribution in [-0.4, -0.2) is 30.4 Å². The van der Waals surface area contributed by atoms with Crippen LogP contribution in [-0.2, 0) is 11.3 Å². The number of amides is 2. The summed E-state index contributed by atoms with van der Waals surface area (Å²) in [5.74, 6) is 0. The van der Waals surface area contributed by atoms with E-state index in [1.54, 1.807) is 0 Å². The second kappa shape index (κ2) is 7.92. The van der Waals surface area contributed by atoms with Gasteiger partial charge >= 0.3 is 6.03 Å². The summed E-state index contributed by atoms with van der Waals surface area (Å²) in [6, 6.07) is 7.77. The summed E-state index contributed by atoms with van der Waals surface area (Å²) in [5.41, 5.74) is 0. The lowest BCUT2D eigenvalue weighted by molar-refractivity contribution is 0.0801. The van der Waals surface area contributed by atoms with Crippen molar-refractivity contribution in [3.8, 4) is 0 Å². The molecule has 3 rings (SSSR count). The Hall–Kier alpha value is -1.41. The van der Waals surface area contributed by atoms with E-state index < -0.39 is 6.10 Å². The van der Waals surface area contributed by atoms with Gasteiger partial charge in [-0.1, -0.05) is 6.07 Å². The zero-order valence-electron chi connectivity index (χ0n) is 12.7. The number of carbonyl (C=O) groups is 1. The van der Waals surface area contributed by atoms with Gasteiger partial charge in [-0.25, -0.2) is 4.79 Å². The highest BCUT2D eigenvalue weighted by molar-refractivity contribution is 7.12. The molecule has 3 heterocycles. The largest absolute Gasteiger partial charge is 0.382 e. The molecule has 5 nitrogen and oxygen atoms in total. The lowest BCUT2D eigenvalue weighted by atomic mass is 10.1. The smallest absolute Gasteiger partial charge is 0.315 e. The Labute approximate surface area is 143 Å². The summed E-state index contributed by atoms with van der Waals surface area (Å²) >= 11 is 3.06. The van der Waals surface area contributed by atoms with Crippen LogP contribution in [0.2, 0.25) is 0 Å². The summed E-state index contributed by atoms with van der Waals surface area (Å²) in [6.45, 7) is 1.89. The predicted octanol–water partition coefficient (Wildman–Crippen LogP) is 2.87. The maximum Gasteiger partial charge on any atom is 0.315 e. The van der Waals surface area contributed by atoms with E-state index >= 15 is 0 Å². The van der Waals surface area contributed by atoms with Gasteiger partial charge in [-0.3, -0.25) is 0 Å². The van der Waals surface area contributed by atoms with Crippen molar-refractivity contribution in [2.24, 2.45) is 0 Å². The molecule has 1 aliphatic rings. The highest BCUT2D eigenvalue weighted by Gasteiger charge is 2.17. The summed E-state index contributed by atoms with van der Waals surface area (Å²) in [6.07, 6.45) is 1.15. The zero-order valence-corrected chi connectivity index (χ0v) is 14.3. The van der Waals surface area contributed by atoms with Crippen LogP contribution >= 0.6 is 22.7 Å². The average molecular weight is 352 g/mol. The van der Waals surface area contributed by atoms with Crippen LogP contribution in [0.3, 0.4) is 0 Å². The number of ether oxygens (including phenoxy) is 1. The van der Waals surface area contributed by atoms with Crippen molar-refractivity contribution in [3.05, 3.63) is 44.3 Å². The van der Waals surface area contributed by atoms with Crippen molar-refractivity contribution >= 4 is 28.7 Å². The van der Waals surface area contributed by atoms with Crippen LogP contribution in [0.15, 0.2) is 29.6 Å². The quantitative estimate of drug-likeness (QED) is 0.775. The number of carbonyl (C=O) groups excluding carboxylic acids is 1. The molecule has 2 amide bonds. The molecule has 124 valence electrons. The third-order valence-corrected chi connectivity index (χ3v) is 5.81. The van der Waals surface area contributed by atoms with Crippen LogP contribution in [0.4, 0.5) is 4.79 Å². The Bertz CT molecular complexity index is 621. The van der Waals surface area contributed by atoms with Gasteiger partial charge < -0.3 is 20.5 Å². The molecule has 0 radical (unpaired) electrons. The molecule has 1 fully saturated rings. The number of hydrogen-bond donors (Lipinski definition) is 3. The van der Waals surface area contributed by atoms with Gasteiger partial charge in [0, 0.05) is 33.9 Å². The fraction of sp³-hybridized carbons (Fsp3) is 0.438. The SMILES string of the molecule is O=C(NCc1ccc([C@H](O)c2cccs2)s1)NC1CCOCC1. The number of urea groups is 1. The first-order valence-electron chi connectivity index (χ1n) is 7.64. The fourth-order valence-electron chi connectivity index (χ4n) is 2.47. The van der Waals surface area contributed by atoms with Crippen molar-refractivity contribution in [3.63, 3.8) is 0 Å². The van der Waals surface area contributed by atoms with Crippen LogP contribution in [0, 0.1) is 0 Å². The van der Waals surface area contributed by atoms with E-state index in [9.17, 15) is 9.90 Å². The minimum absolute atomic E-state index is 0.148. The van der Waals surface area contributed by atoms with Gasteiger partial charge in [-0.15, -0.1) is 22.7 Å². The first kappa shape index (κ1) is 16.4. The average Bonchev–Trinajstić information content (AvgIpc) is 3.25. The van der Waals surface area contributed by atoms with Crippen molar-refractivity contribution in [1.82, 2.24) is 10.6 Å². The Balaban J connectivity index is 1.48. The molecule has 0 unspecified atom stereocenters. The highest BCUT2D eigenvalue weighted by atomic mass is 32.1. The van der Waals surface area contributed by atoms with Gasteiger partial charge in [0.2, 0.25) is 0 Å². The molecule has 0 aromatic carbocycles. The first-order chi connectivity index (χ1) is 11.2. The lowest BCUT2D eigenvalue weighted by Crippen LogP contribution is -2.44. The molecule has 2 aromatic heterocycles. The van der Waals surface area contributed by atoms with Gasteiger partial charge in [0.1, 0.15) is 6.10 Å². The molecule has 23 heavy (non-hydrogen) atoms. The van der Waals surface area contributed by atoms with Crippen LogP contribution in [0.25, 0.3) is 0 Å². The summed E-state index contributed by atoms with van der Waals surface area (Å²) in [5, 5.41) is 18.1. The Kier molecular flexibility index (Phi) is 5.66. The lowest BCUT2D eigenvalue weighted by Gasteiger charge is -2.23. The molecular formula is C16H20N2O3S2. The number of hydrogen-bond acceptors (Lipinski definition) is 5. The normalized spacial score (nSPS) is 16.9. The van der Waals surface area contributed by atoms with Crippen LogP contribution in [0.5, 0.6) is 0 Å². The Morgan fingerprint density at radius 2 is 2.13 bits per heavy atom. The summed E-state index contributed by atoms with van der Waals surface area (Å²) < 4.78 is 5.27. The molecule has 1 aliphatic heterocycles. The van der Waals surface area contributed by atoms with Gasteiger partial charge in [0.05, 0.1) is 6.54 Å². The maximum absolute atomic E-state index is 11.9.